The number of hydrogen-bond acceptors (Lipinski definition) is 5. The van der Waals surface area contributed by atoms with Gasteiger partial charge in [-0.15, -0.1) is 0 Å². The predicted octanol–water partition coefficient (Wildman–Crippen LogP) is 4.46. The number of aromatic nitrogens is 2. The average molecular weight is 334 g/mol. The van der Waals surface area contributed by atoms with Gasteiger partial charge >= 0.3 is 0 Å². The van der Waals surface area contributed by atoms with Gasteiger partial charge in [0, 0.05) is 23.9 Å². The van der Waals surface area contributed by atoms with Gasteiger partial charge in [0.15, 0.2) is 0 Å². The summed E-state index contributed by atoms with van der Waals surface area (Å²) in [5.74, 6) is 2.38. The highest BCUT2D eigenvalue weighted by atomic mass is 16.5. The van der Waals surface area contributed by atoms with Crippen LogP contribution >= 0.6 is 0 Å². The fourth-order valence-corrected chi connectivity index (χ4v) is 2.70. The van der Waals surface area contributed by atoms with E-state index < -0.39 is 0 Å². The highest BCUT2D eigenvalue weighted by Crippen LogP contribution is 2.24. The van der Waals surface area contributed by atoms with Crippen molar-refractivity contribution in [2.75, 3.05) is 17.7 Å². The smallest absolute Gasteiger partial charge is 0.135 e. The van der Waals surface area contributed by atoms with Crippen LogP contribution in [0.2, 0.25) is 0 Å². The zero-order chi connectivity index (χ0) is 17.6. The molecular weight excluding hydrogens is 312 g/mol. The van der Waals surface area contributed by atoms with Crippen molar-refractivity contribution in [3.05, 3.63) is 71.5 Å². The van der Waals surface area contributed by atoms with Crippen LogP contribution in [-0.4, -0.2) is 17.1 Å². The number of nitrogens with one attached hydrogen (secondary N) is 2. The second-order valence-corrected chi connectivity index (χ2v) is 5.85. The van der Waals surface area contributed by atoms with Crippen LogP contribution in [0.4, 0.5) is 17.3 Å². The summed E-state index contributed by atoms with van der Waals surface area (Å²) in [5.41, 5.74) is 4.52. The van der Waals surface area contributed by atoms with Gasteiger partial charge in [-0.05, 0) is 31.0 Å². The van der Waals surface area contributed by atoms with Gasteiger partial charge in [-0.3, -0.25) is 0 Å². The van der Waals surface area contributed by atoms with E-state index in [1.54, 1.807) is 13.4 Å². The van der Waals surface area contributed by atoms with Crippen molar-refractivity contribution < 1.29 is 4.74 Å². The molecule has 128 valence electrons. The molecule has 0 saturated heterocycles. The molecule has 1 aromatic heterocycles. The molecule has 5 nitrogen and oxygen atoms in total. The van der Waals surface area contributed by atoms with E-state index in [9.17, 15) is 0 Å². The summed E-state index contributed by atoms with van der Waals surface area (Å²) >= 11 is 0. The Kier molecular flexibility index (Phi) is 5.14. The van der Waals surface area contributed by atoms with Crippen molar-refractivity contribution in [1.29, 1.82) is 0 Å². The van der Waals surface area contributed by atoms with E-state index >= 15 is 0 Å². The van der Waals surface area contributed by atoms with E-state index in [0.29, 0.717) is 6.54 Å². The van der Waals surface area contributed by atoms with Crippen molar-refractivity contribution in [3.8, 4) is 5.75 Å². The van der Waals surface area contributed by atoms with Gasteiger partial charge < -0.3 is 15.4 Å². The van der Waals surface area contributed by atoms with E-state index in [0.717, 1.165) is 28.6 Å². The molecule has 0 saturated carbocycles. The molecule has 0 spiro atoms. The van der Waals surface area contributed by atoms with Crippen LogP contribution in [0.15, 0.2) is 54.9 Å². The summed E-state index contributed by atoms with van der Waals surface area (Å²) in [6.07, 6.45) is 1.56. The molecule has 3 aromatic rings. The molecule has 0 aliphatic heterocycles. The first-order valence-corrected chi connectivity index (χ1v) is 8.18. The Labute approximate surface area is 148 Å². The first-order chi connectivity index (χ1) is 12.2. The molecule has 2 N–H and O–H groups in total. The zero-order valence-electron chi connectivity index (χ0n) is 14.7. The third-order valence-electron chi connectivity index (χ3n) is 4.05. The highest BCUT2D eigenvalue weighted by molar-refractivity contribution is 5.65. The molecule has 25 heavy (non-hydrogen) atoms. The van der Waals surface area contributed by atoms with Gasteiger partial charge in [-0.1, -0.05) is 36.4 Å². The highest BCUT2D eigenvalue weighted by Gasteiger charge is 2.06. The van der Waals surface area contributed by atoms with Crippen LogP contribution in [0, 0.1) is 13.8 Å². The Morgan fingerprint density at radius 2 is 1.64 bits per heavy atom. The molecule has 0 bridgehead atoms. The first-order valence-electron chi connectivity index (χ1n) is 8.18. The van der Waals surface area contributed by atoms with Crippen molar-refractivity contribution in [1.82, 2.24) is 9.97 Å². The van der Waals surface area contributed by atoms with Gasteiger partial charge in [0.2, 0.25) is 0 Å². The fraction of sp³-hybridized carbons (Fsp3) is 0.200. The SMILES string of the molecule is COc1ccccc1CNc1cc(Nc2c(C)cccc2C)ncn1. The number of aryl methyl sites for hydroxylation is 2. The number of benzene rings is 2. The molecule has 0 fully saturated rings. The van der Waals surface area contributed by atoms with Crippen LogP contribution < -0.4 is 15.4 Å². The third kappa shape index (κ3) is 4.07. The number of methoxy groups -OCH3 is 1. The number of para-hydroxylation sites is 2. The fourth-order valence-electron chi connectivity index (χ4n) is 2.70. The Morgan fingerprint density at radius 3 is 2.40 bits per heavy atom. The van der Waals surface area contributed by atoms with Gasteiger partial charge in [0.1, 0.15) is 23.7 Å². The van der Waals surface area contributed by atoms with Crippen molar-refractivity contribution in [2.24, 2.45) is 0 Å². The maximum Gasteiger partial charge on any atom is 0.135 e. The molecule has 2 aromatic carbocycles. The molecule has 1 heterocycles. The normalized spacial score (nSPS) is 10.4. The van der Waals surface area contributed by atoms with Crippen LogP contribution in [0.25, 0.3) is 0 Å². The molecular formula is C20H22N4O. The summed E-state index contributed by atoms with van der Waals surface area (Å²) in [5, 5.41) is 6.71. The Bertz CT molecular complexity index is 844. The second kappa shape index (κ2) is 7.66. The monoisotopic (exact) mass is 334 g/mol. The number of nitrogens with zero attached hydrogens (tertiary/aromatic N) is 2. The van der Waals surface area contributed by atoms with E-state index in [2.05, 4.69) is 52.6 Å². The molecule has 0 unspecified atom stereocenters. The first kappa shape index (κ1) is 16.8. The summed E-state index contributed by atoms with van der Waals surface area (Å²) in [6, 6.07) is 16.0. The lowest BCUT2D eigenvalue weighted by Gasteiger charge is -2.13. The minimum absolute atomic E-state index is 0.629. The molecule has 0 aliphatic carbocycles. The quantitative estimate of drug-likeness (QED) is 0.697. The molecule has 0 aliphatic rings. The maximum absolute atomic E-state index is 5.38. The van der Waals surface area contributed by atoms with E-state index in [1.165, 1.54) is 11.1 Å². The Morgan fingerprint density at radius 1 is 0.920 bits per heavy atom. The zero-order valence-corrected chi connectivity index (χ0v) is 14.7. The average Bonchev–Trinajstić information content (AvgIpc) is 2.64. The number of anilines is 3. The van der Waals surface area contributed by atoms with E-state index in [1.807, 2.05) is 30.3 Å². The lowest BCUT2D eigenvalue weighted by molar-refractivity contribution is 0.410. The van der Waals surface area contributed by atoms with Crippen molar-refractivity contribution >= 4 is 17.3 Å². The minimum Gasteiger partial charge on any atom is -0.496 e. The summed E-state index contributed by atoms with van der Waals surface area (Å²) < 4.78 is 5.38. The van der Waals surface area contributed by atoms with Gasteiger partial charge in [-0.25, -0.2) is 9.97 Å². The predicted molar refractivity (Wildman–Crippen MR) is 102 cm³/mol. The maximum atomic E-state index is 5.38. The van der Waals surface area contributed by atoms with Gasteiger partial charge in [0.05, 0.1) is 7.11 Å². The van der Waals surface area contributed by atoms with Gasteiger partial charge in [-0.2, -0.15) is 0 Å². The largest absolute Gasteiger partial charge is 0.496 e. The molecule has 0 atom stereocenters. The lowest BCUT2D eigenvalue weighted by atomic mass is 10.1. The van der Waals surface area contributed by atoms with Crippen LogP contribution in [0.5, 0.6) is 5.75 Å². The lowest BCUT2D eigenvalue weighted by Crippen LogP contribution is -2.05. The van der Waals surface area contributed by atoms with Crippen LogP contribution in [0.1, 0.15) is 16.7 Å². The topological polar surface area (TPSA) is 59.1 Å². The summed E-state index contributed by atoms with van der Waals surface area (Å²) in [7, 11) is 1.68. The van der Waals surface area contributed by atoms with E-state index in [-0.39, 0.29) is 0 Å². The number of ether oxygens (including phenoxy) is 1. The Balaban J connectivity index is 1.73. The minimum atomic E-state index is 0.629. The number of hydrogen-bond donors (Lipinski definition) is 2. The van der Waals surface area contributed by atoms with Crippen molar-refractivity contribution in [3.63, 3.8) is 0 Å². The molecule has 3 rings (SSSR count). The molecule has 0 radical (unpaired) electrons. The van der Waals surface area contributed by atoms with E-state index in [4.69, 9.17) is 4.74 Å². The Hall–Kier alpha value is -3.08. The second-order valence-electron chi connectivity index (χ2n) is 5.85. The summed E-state index contributed by atoms with van der Waals surface area (Å²) in [4.78, 5) is 8.61. The third-order valence-corrected chi connectivity index (χ3v) is 4.05. The summed E-state index contributed by atoms with van der Waals surface area (Å²) in [6.45, 7) is 4.79. The van der Waals surface area contributed by atoms with Crippen LogP contribution in [-0.2, 0) is 6.54 Å². The number of rotatable bonds is 6. The van der Waals surface area contributed by atoms with Crippen molar-refractivity contribution in [2.45, 2.75) is 20.4 Å². The molecule has 5 heteroatoms. The van der Waals surface area contributed by atoms with Crippen LogP contribution in [0.3, 0.4) is 0 Å². The van der Waals surface area contributed by atoms with Gasteiger partial charge in [0.25, 0.3) is 0 Å². The standard InChI is InChI=1S/C20H22N4O/c1-14-7-6-8-15(2)20(14)24-19-11-18(22-13-23-19)21-12-16-9-4-5-10-17(16)25-3/h4-11,13H,12H2,1-3H3,(H2,21,22,23,24). The molecule has 0 amide bonds.